The summed E-state index contributed by atoms with van der Waals surface area (Å²) < 4.78 is 1.82. The zero-order chi connectivity index (χ0) is 15.0. The number of aromatic nitrogens is 3. The third-order valence-electron chi connectivity index (χ3n) is 4.34. The number of likely N-dealkylation sites (N-methyl/N-ethyl adjacent to an activating group) is 1. The Balaban J connectivity index is 1.99. The van der Waals surface area contributed by atoms with Gasteiger partial charge in [-0.2, -0.15) is 5.10 Å². The van der Waals surface area contributed by atoms with Crippen molar-refractivity contribution in [2.75, 3.05) is 37.6 Å². The molecule has 1 aliphatic rings. The van der Waals surface area contributed by atoms with Crippen molar-refractivity contribution in [3.63, 3.8) is 0 Å². The number of hydrogen-bond donors (Lipinski definition) is 1. The van der Waals surface area contributed by atoms with Crippen LogP contribution in [0.3, 0.4) is 0 Å². The van der Waals surface area contributed by atoms with E-state index in [2.05, 4.69) is 21.8 Å². The van der Waals surface area contributed by atoms with Crippen LogP contribution in [-0.2, 0) is 13.7 Å². The summed E-state index contributed by atoms with van der Waals surface area (Å²) >= 11 is 0. The van der Waals surface area contributed by atoms with Gasteiger partial charge in [0, 0.05) is 44.2 Å². The third kappa shape index (κ3) is 2.49. The van der Waals surface area contributed by atoms with Gasteiger partial charge in [0.1, 0.15) is 5.82 Å². The van der Waals surface area contributed by atoms with Crippen molar-refractivity contribution in [3.8, 4) is 0 Å². The summed E-state index contributed by atoms with van der Waals surface area (Å²) in [6.07, 6.45) is 0. The molecule has 0 atom stereocenters. The van der Waals surface area contributed by atoms with Crippen molar-refractivity contribution in [2.24, 2.45) is 7.05 Å². The van der Waals surface area contributed by atoms with Crippen LogP contribution < -0.4 is 4.90 Å². The highest BCUT2D eigenvalue weighted by molar-refractivity contribution is 5.81. The minimum Gasteiger partial charge on any atom is -0.392 e. The Hall–Kier alpha value is -1.66. The number of aliphatic hydroxyl groups excluding tert-OH is 1. The second-order valence-electron chi connectivity index (χ2n) is 5.63. The topological polar surface area (TPSA) is 57.4 Å². The molecule has 0 aromatic carbocycles. The molecule has 0 radical (unpaired) electrons. The fraction of sp³-hybridized carbons (Fsp3) is 0.600. The molecule has 0 aliphatic carbocycles. The van der Waals surface area contributed by atoms with Crippen LogP contribution in [0.5, 0.6) is 0 Å². The Labute approximate surface area is 125 Å². The molecule has 3 heterocycles. The average Bonchev–Trinajstić information content (AvgIpc) is 2.80. The summed E-state index contributed by atoms with van der Waals surface area (Å²) in [6, 6.07) is 2.03. The molecule has 1 saturated heterocycles. The third-order valence-corrected chi connectivity index (χ3v) is 4.34. The molecule has 6 heteroatoms. The summed E-state index contributed by atoms with van der Waals surface area (Å²) in [7, 11) is 1.92. The number of anilines is 1. The number of hydrogen-bond acceptors (Lipinski definition) is 5. The highest BCUT2D eigenvalue weighted by atomic mass is 16.3. The minimum absolute atomic E-state index is 0.0145. The number of nitrogens with zero attached hydrogens (tertiary/aromatic N) is 5. The van der Waals surface area contributed by atoms with E-state index in [1.165, 1.54) is 0 Å². The maximum Gasteiger partial charge on any atom is 0.160 e. The second-order valence-corrected chi connectivity index (χ2v) is 5.63. The van der Waals surface area contributed by atoms with Crippen LogP contribution in [0.1, 0.15) is 18.2 Å². The van der Waals surface area contributed by atoms with Crippen molar-refractivity contribution in [2.45, 2.75) is 20.5 Å². The Kier molecular flexibility index (Phi) is 3.82. The van der Waals surface area contributed by atoms with Gasteiger partial charge in [0.05, 0.1) is 12.3 Å². The first-order valence-electron chi connectivity index (χ1n) is 7.55. The number of fused-ring (bicyclic) bond motifs is 1. The molecule has 1 aliphatic heterocycles. The lowest BCUT2D eigenvalue weighted by atomic mass is 10.1. The molecule has 0 saturated carbocycles. The summed E-state index contributed by atoms with van der Waals surface area (Å²) in [5.74, 6) is 0.906. The van der Waals surface area contributed by atoms with Gasteiger partial charge in [0.2, 0.25) is 0 Å². The molecule has 0 spiro atoms. The van der Waals surface area contributed by atoms with E-state index in [1.54, 1.807) is 0 Å². The van der Waals surface area contributed by atoms with Crippen LogP contribution >= 0.6 is 0 Å². The second kappa shape index (κ2) is 5.61. The van der Waals surface area contributed by atoms with E-state index in [0.29, 0.717) is 0 Å². The van der Waals surface area contributed by atoms with Gasteiger partial charge in [-0.05, 0) is 19.5 Å². The van der Waals surface area contributed by atoms with Crippen molar-refractivity contribution in [1.82, 2.24) is 19.7 Å². The lowest BCUT2D eigenvalue weighted by molar-refractivity contribution is 0.266. The number of piperazine rings is 1. The molecule has 6 nitrogen and oxygen atoms in total. The van der Waals surface area contributed by atoms with E-state index in [1.807, 2.05) is 24.7 Å². The molecular formula is C15H23N5O. The molecule has 0 unspecified atom stereocenters. The Morgan fingerprint density at radius 3 is 2.57 bits per heavy atom. The van der Waals surface area contributed by atoms with Crippen molar-refractivity contribution >= 4 is 16.9 Å². The summed E-state index contributed by atoms with van der Waals surface area (Å²) in [5, 5.41) is 15.1. The molecule has 1 N–H and O–H groups in total. The van der Waals surface area contributed by atoms with Crippen LogP contribution in [0, 0.1) is 6.92 Å². The Morgan fingerprint density at radius 2 is 1.95 bits per heavy atom. The van der Waals surface area contributed by atoms with E-state index in [-0.39, 0.29) is 6.61 Å². The smallest absolute Gasteiger partial charge is 0.160 e. The minimum atomic E-state index is 0.0145. The van der Waals surface area contributed by atoms with E-state index < -0.39 is 0 Å². The predicted molar refractivity (Wildman–Crippen MR) is 83.5 cm³/mol. The van der Waals surface area contributed by atoms with E-state index in [0.717, 1.165) is 60.8 Å². The zero-order valence-corrected chi connectivity index (χ0v) is 13.0. The molecule has 21 heavy (non-hydrogen) atoms. The number of aliphatic hydroxyl groups is 1. The van der Waals surface area contributed by atoms with Crippen LogP contribution in [0.4, 0.5) is 5.82 Å². The lowest BCUT2D eigenvalue weighted by Crippen LogP contribution is -2.46. The van der Waals surface area contributed by atoms with Gasteiger partial charge >= 0.3 is 0 Å². The molecule has 0 amide bonds. The molecule has 2 aromatic heterocycles. The first-order valence-corrected chi connectivity index (χ1v) is 7.55. The van der Waals surface area contributed by atoms with Gasteiger partial charge in [-0.3, -0.25) is 4.68 Å². The standard InChI is InChI=1S/C15H23N5O/c1-4-19-5-7-20(8-6-19)14-12(10-21)9-13-11(2)17-18(3)15(13)16-14/h9,21H,4-8,10H2,1-3H3. The monoisotopic (exact) mass is 289 g/mol. The first kappa shape index (κ1) is 14.3. The molecule has 0 bridgehead atoms. The number of rotatable bonds is 3. The van der Waals surface area contributed by atoms with Crippen LogP contribution in [0.2, 0.25) is 0 Å². The predicted octanol–water partition coefficient (Wildman–Crippen LogP) is 0.911. The first-order chi connectivity index (χ1) is 10.1. The van der Waals surface area contributed by atoms with Gasteiger partial charge in [-0.25, -0.2) is 4.98 Å². The largest absolute Gasteiger partial charge is 0.392 e. The average molecular weight is 289 g/mol. The maximum atomic E-state index is 9.70. The summed E-state index contributed by atoms with van der Waals surface area (Å²) in [6.45, 7) is 9.28. The van der Waals surface area contributed by atoms with Crippen LogP contribution in [0.25, 0.3) is 11.0 Å². The maximum absolute atomic E-state index is 9.70. The highest BCUT2D eigenvalue weighted by Gasteiger charge is 2.21. The molecule has 1 fully saturated rings. The van der Waals surface area contributed by atoms with Crippen molar-refractivity contribution < 1.29 is 5.11 Å². The molecule has 2 aromatic rings. The number of pyridine rings is 1. The van der Waals surface area contributed by atoms with Gasteiger partial charge in [-0.15, -0.1) is 0 Å². The Morgan fingerprint density at radius 1 is 1.24 bits per heavy atom. The fourth-order valence-corrected chi connectivity index (χ4v) is 3.04. The normalized spacial score (nSPS) is 16.9. The van der Waals surface area contributed by atoms with E-state index in [4.69, 9.17) is 4.98 Å². The zero-order valence-electron chi connectivity index (χ0n) is 13.0. The lowest BCUT2D eigenvalue weighted by Gasteiger charge is -2.35. The van der Waals surface area contributed by atoms with Crippen molar-refractivity contribution in [3.05, 3.63) is 17.3 Å². The fourth-order valence-electron chi connectivity index (χ4n) is 3.04. The highest BCUT2D eigenvalue weighted by Crippen LogP contribution is 2.26. The summed E-state index contributed by atoms with van der Waals surface area (Å²) in [5.41, 5.74) is 2.73. The van der Waals surface area contributed by atoms with Gasteiger partial charge in [0.25, 0.3) is 0 Å². The van der Waals surface area contributed by atoms with Crippen molar-refractivity contribution in [1.29, 1.82) is 0 Å². The van der Waals surface area contributed by atoms with Gasteiger partial charge in [0.15, 0.2) is 5.65 Å². The van der Waals surface area contributed by atoms with Crippen LogP contribution in [-0.4, -0.2) is 57.5 Å². The van der Waals surface area contributed by atoms with E-state index >= 15 is 0 Å². The quantitative estimate of drug-likeness (QED) is 0.910. The van der Waals surface area contributed by atoms with E-state index in [9.17, 15) is 5.11 Å². The number of aryl methyl sites for hydroxylation is 2. The van der Waals surface area contributed by atoms with Crippen LogP contribution in [0.15, 0.2) is 6.07 Å². The summed E-state index contributed by atoms with van der Waals surface area (Å²) in [4.78, 5) is 9.50. The molecular weight excluding hydrogens is 266 g/mol. The molecule has 114 valence electrons. The molecule has 3 rings (SSSR count). The van der Waals surface area contributed by atoms with Gasteiger partial charge in [-0.1, -0.05) is 6.92 Å². The Bertz CT molecular complexity index is 643. The van der Waals surface area contributed by atoms with Gasteiger partial charge < -0.3 is 14.9 Å². The SMILES string of the molecule is CCN1CCN(c2nc3c(cc2CO)c(C)nn3C)CC1.